The van der Waals surface area contributed by atoms with Crippen molar-refractivity contribution in [2.75, 3.05) is 87.1 Å². The van der Waals surface area contributed by atoms with Gasteiger partial charge in [-0.05, 0) is 51.4 Å². The van der Waals surface area contributed by atoms with Gasteiger partial charge in [0, 0.05) is 35.5 Å². The van der Waals surface area contributed by atoms with E-state index in [1.807, 2.05) is 0 Å². The van der Waals surface area contributed by atoms with Crippen LogP contribution in [0.2, 0.25) is 0 Å². The van der Waals surface area contributed by atoms with Gasteiger partial charge >= 0.3 is 0 Å². The Balaban J connectivity index is 1.22. The van der Waals surface area contributed by atoms with Crippen LogP contribution in [0, 0.1) is 35.5 Å². The molecule has 0 aromatic carbocycles. The summed E-state index contributed by atoms with van der Waals surface area (Å²) in [5.74, 6) is 5.52. The number of nitrogens with zero attached hydrogens (tertiary/aromatic N) is 2. The average Bonchev–Trinajstić information content (AvgIpc) is 3.77. The van der Waals surface area contributed by atoms with Gasteiger partial charge in [-0.1, -0.05) is 111 Å². The fourth-order valence-electron chi connectivity index (χ4n) is 11.2. The Morgan fingerprint density at radius 3 is 1.56 bits per heavy atom. The molecule has 4 N–H and O–H groups in total. The van der Waals surface area contributed by atoms with Crippen LogP contribution in [0.4, 0.5) is 0 Å². The molecule has 3 saturated heterocycles. The number of aliphatic hydroxyl groups is 1. The van der Waals surface area contributed by atoms with E-state index >= 15 is 0 Å². The summed E-state index contributed by atoms with van der Waals surface area (Å²) in [6.07, 6.45) is 31.2. The molecule has 0 amide bonds. The number of nitrogens with one attached hydrogen (secondary N) is 1. The lowest BCUT2D eigenvalue weighted by Gasteiger charge is -2.32. The van der Waals surface area contributed by atoms with Gasteiger partial charge in [0.05, 0.1) is 74.0 Å². The maximum atomic E-state index is 11.2. The second kappa shape index (κ2) is 24.3. The van der Waals surface area contributed by atoms with E-state index in [-0.39, 0.29) is 6.10 Å². The number of likely N-dealkylation sites (tertiary alicyclic amines) is 2. The van der Waals surface area contributed by atoms with Crippen LogP contribution in [-0.2, 0) is 0 Å². The Hall–Kier alpha value is -0.200. The Morgan fingerprint density at radius 2 is 1.04 bits per heavy atom. The highest BCUT2D eigenvalue weighted by Gasteiger charge is 2.41. The first-order chi connectivity index (χ1) is 24.1. The Labute approximate surface area is 314 Å². The molecule has 0 bridgehead atoms. The topological polar surface area (TPSA) is 41.3 Å². The normalized spacial score (nSPS) is 28.9. The fraction of sp³-hybridized carbons (Fsp3) is 1.00. The predicted octanol–water partition coefficient (Wildman–Crippen LogP) is 7.33. The summed E-state index contributed by atoms with van der Waals surface area (Å²) in [5, 5.41) is 13.9. The number of rotatable bonds is 29. The molecule has 0 aromatic rings. The average molecular weight is 707 g/mol. The second-order valence-corrected chi connectivity index (χ2v) is 19.8. The van der Waals surface area contributed by atoms with Crippen molar-refractivity contribution in [3.8, 4) is 0 Å². The number of unbranched alkanes of at least 4 members (excludes halogenated alkanes) is 15. The first-order valence-electron chi connectivity index (χ1n) is 23.0. The van der Waals surface area contributed by atoms with E-state index < -0.39 is 0 Å². The lowest BCUT2D eigenvalue weighted by atomic mass is 9.80. The summed E-state index contributed by atoms with van der Waals surface area (Å²) >= 11 is 0. The molecule has 3 fully saturated rings. The Kier molecular flexibility index (Phi) is 21.4. The minimum Gasteiger partial charge on any atom is -0.382 e. The molecule has 5 nitrogen and oxygen atoms in total. The summed E-state index contributed by atoms with van der Waals surface area (Å²) in [4.78, 5) is 1.69. The zero-order valence-corrected chi connectivity index (χ0v) is 35.4. The molecular weight excluding hydrogens is 613 g/mol. The molecule has 50 heavy (non-hydrogen) atoms. The van der Waals surface area contributed by atoms with Crippen LogP contribution in [0.3, 0.4) is 0 Å². The number of likely N-dealkylation sites (N-methyl/N-ethyl adjacent to an activating group) is 1. The van der Waals surface area contributed by atoms with Crippen molar-refractivity contribution in [2.45, 2.75) is 168 Å². The van der Waals surface area contributed by atoms with Crippen LogP contribution in [0.25, 0.3) is 0 Å². The third-order valence-electron chi connectivity index (χ3n) is 14.2. The zero-order valence-electron chi connectivity index (χ0n) is 35.4. The van der Waals surface area contributed by atoms with Gasteiger partial charge in [-0.2, -0.15) is 0 Å². The van der Waals surface area contributed by atoms with E-state index in [2.05, 4.69) is 54.3 Å². The SMILES string of the molecule is CCCCCCCCCCCCCCCCCC[N+](C)(C)CC(O)C[NH+]1CC(CC)C(CCC2C[NH2+]CC2CCC2C[N+](C)(C)CC2CC)C1. The van der Waals surface area contributed by atoms with E-state index in [4.69, 9.17) is 0 Å². The first kappa shape index (κ1) is 44.2. The highest BCUT2D eigenvalue weighted by Crippen LogP contribution is 2.36. The second-order valence-electron chi connectivity index (χ2n) is 19.8. The summed E-state index contributed by atoms with van der Waals surface area (Å²) < 4.78 is 2.22. The van der Waals surface area contributed by atoms with Gasteiger partial charge in [0.2, 0.25) is 0 Å². The van der Waals surface area contributed by atoms with Crippen LogP contribution >= 0.6 is 0 Å². The molecule has 3 rings (SSSR count). The Bertz CT molecular complexity index is 847. The van der Waals surface area contributed by atoms with E-state index in [1.54, 1.807) is 4.90 Å². The standard InChI is InChI=1S/C45H92N4O/c1-8-11-12-13-14-15-16-17-18-19-20-21-22-23-24-25-30-48(4,5)38-45(50)35-47-33-39(9-2)43(34-47)28-26-41-31-46-32-42(41)27-29-44-37-49(6,7)36-40(44)10-3/h39-46,50H,8-38H2,1-7H3/q+2/p+2. The number of quaternary nitrogens is 4. The molecule has 3 aliphatic rings. The van der Waals surface area contributed by atoms with Crippen LogP contribution < -0.4 is 10.2 Å². The molecule has 0 aliphatic carbocycles. The smallest absolute Gasteiger partial charge is 0.152 e. The van der Waals surface area contributed by atoms with E-state index in [9.17, 15) is 5.11 Å². The molecule has 0 aromatic heterocycles. The highest BCUT2D eigenvalue weighted by molar-refractivity contribution is 4.81. The summed E-state index contributed by atoms with van der Waals surface area (Å²) in [5.41, 5.74) is 0. The predicted molar refractivity (Wildman–Crippen MR) is 216 cm³/mol. The van der Waals surface area contributed by atoms with Gasteiger partial charge in [0.25, 0.3) is 0 Å². The third kappa shape index (κ3) is 17.3. The minimum atomic E-state index is -0.169. The van der Waals surface area contributed by atoms with Crippen LogP contribution in [0.5, 0.6) is 0 Å². The molecular formula is C45H94N4O+4. The van der Waals surface area contributed by atoms with Crippen molar-refractivity contribution in [3.05, 3.63) is 0 Å². The van der Waals surface area contributed by atoms with Crippen molar-refractivity contribution in [1.29, 1.82) is 0 Å². The van der Waals surface area contributed by atoms with Gasteiger partial charge in [0.1, 0.15) is 13.1 Å². The monoisotopic (exact) mass is 707 g/mol. The van der Waals surface area contributed by atoms with Crippen molar-refractivity contribution in [3.63, 3.8) is 0 Å². The third-order valence-corrected chi connectivity index (χ3v) is 14.2. The molecule has 3 aliphatic heterocycles. The first-order valence-corrected chi connectivity index (χ1v) is 23.0. The van der Waals surface area contributed by atoms with Crippen LogP contribution in [0.15, 0.2) is 0 Å². The summed E-state index contributed by atoms with van der Waals surface area (Å²) in [6, 6.07) is 0. The number of hydrogen-bond donors (Lipinski definition) is 3. The van der Waals surface area contributed by atoms with Crippen molar-refractivity contribution >= 4 is 0 Å². The van der Waals surface area contributed by atoms with E-state index in [0.717, 1.165) is 53.1 Å². The van der Waals surface area contributed by atoms with Crippen molar-refractivity contribution in [2.24, 2.45) is 35.5 Å². The number of nitrogens with two attached hydrogens (primary N) is 1. The molecule has 0 saturated carbocycles. The molecule has 3 heterocycles. The molecule has 0 spiro atoms. The van der Waals surface area contributed by atoms with Gasteiger partial charge in [-0.3, -0.25) is 0 Å². The van der Waals surface area contributed by atoms with Gasteiger partial charge in [0.15, 0.2) is 6.10 Å². The fourth-order valence-corrected chi connectivity index (χ4v) is 11.2. The molecule has 8 unspecified atom stereocenters. The zero-order chi connectivity index (χ0) is 36.2. The van der Waals surface area contributed by atoms with E-state index in [1.165, 1.54) is 192 Å². The lowest BCUT2D eigenvalue weighted by molar-refractivity contribution is -0.915. The maximum Gasteiger partial charge on any atom is 0.152 e. The highest BCUT2D eigenvalue weighted by atomic mass is 16.3. The summed E-state index contributed by atoms with van der Waals surface area (Å²) in [7, 11) is 9.62. The number of hydrogen-bond acceptors (Lipinski definition) is 1. The number of aliphatic hydroxyl groups excluding tert-OH is 1. The van der Waals surface area contributed by atoms with Crippen molar-refractivity contribution in [1.82, 2.24) is 0 Å². The molecule has 5 heteroatoms. The van der Waals surface area contributed by atoms with Crippen LogP contribution in [0.1, 0.15) is 162 Å². The minimum absolute atomic E-state index is 0.169. The largest absolute Gasteiger partial charge is 0.382 e. The van der Waals surface area contributed by atoms with Crippen LogP contribution in [-0.4, -0.2) is 107 Å². The molecule has 0 radical (unpaired) electrons. The summed E-state index contributed by atoms with van der Waals surface area (Å²) in [6.45, 7) is 18.4. The molecule has 296 valence electrons. The van der Waals surface area contributed by atoms with E-state index in [0.29, 0.717) is 0 Å². The maximum absolute atomic E-state index is 11.2. The quantitative estimate of drug-likeness (QED) is 0.0554. The van der Waals surface area contributed by atoms with Gasteiger partial charge in [-0.15, -0.1) is 0 Å². The molecule has 8 atom stereocenters. The van der Waals surface area contributed by atoms with Crippen molar-refractivity contribution < 1.29 is 24.3 Å². The lowest BCUT2D eigenvalue weighted by Crippen LogP contribution is -3.11. The van der Waals surface area contributed by atoms with Gasteiger partial charge < -0.3 is 24.3 Å². The Morgan fingerprint density at radius 1 is 0.600 bits per heavy atom. The van der Waals surface area contributed by atoms with Gasteiger partial charge in [-0.25, -0.2) is 0 Å².